The molecule has 0 radical (unpaired) electrons. The van der Waals surface area contributed by atoms with Gasteiger partial charge in [-0.25, -0.2) is 0 Å². The Morgan fingerprint density at radius 2 is 2.12 bits per heavy atom. The van der Waals surface area contributed by atoms with Crippen molar-refractivity contribution >= 4 is 23.2 Å². The van der Waals surface area contributed by atoms with Gasteiger partial charge < -0.3 is 4.52 Å². The molecule has 5 heteroatoms. The van der Waals surface area contributed by atoms with Crippen molar-refractivity contribution in [2.24, 2.45) is 0 Å². The molecule has 0 saturated heterocycles. The smallest absolute Gasteiger partial charge is 0.258 e. The zero-order valence-corrected chi connectivity index (χ0v) is 10.2. The standard InChI is InChI=1S/C11H10Cl2N2O/c1-7(13)10-14-11(16-15-10)9-5-3-2-4-8(9)6-12/h2-5,7H,6H2,1H3. The Kier molecular flexibility index (Phi) is 3.46. The molecule has 1 aromatic carbocycles. The molecule has 3 nitrogen and oxygen atoms in total. The fourth-order valence-electron chi connectivity index (χ4n) is 1.35. The van der Waals surface area contributed by atoms with Crippen LogP contribution in [0.3, 0.4) is 0 Å². The molecule has 1 aromatic heterocycles. The third kappa shape index (κ3) is 2.20. The van der Waals surface area contributed by atoms with Gasteiger partial charge in [0.2, 0.25) is 0 Å². The highest BCUT2D eigenvalue weighted by molar-refractivity contribution is 6.20. The number of rotatable bonds is 3. The van der Waals surface area contributed by atoms with Gasteiger partial charge >= 0.3 is 0 Å². The molecule has 0 saturated carbocycles. The molecule has 0 bridgehead atoms. The Morgan fingerprint density at radius 1 is 1.38 bits per heavy atom. The second kappa shape index (κ2) is 4.85. The minimum atomic E-state index is -0.263. The lowest BCUT2D eigenvalue weighted by Crippen LogP contribution is -1.88. The van der Waals surface area contributed by atoms with Gasteiger partial charge in [0, 0.05) is 11.4 Å². The van der Waals surface area contributed by atoms with Crippen LogP contribution in [-0.4, -0.2) is 10.1 Å². The second-order valence-electron chi connectivity index (χ2n) is 3.36. The van der Waals surface area contributed by atoms with Gasteiger partial charge in [-0.2, -0.15) is 4.98 Å². The lowest BCUT2D eigenvalue weighted by atomic mass is 10.1. The first-order valence-electron chi connectivity index (χ1n) is 4.84. The number of alkyl halides is 2. The number of nitrogens with zero attached hydrogens (tertiary/aromatic N) is 2. The maximum atomic E-state index is 5.87. The van der Waals surface area contributed by atoms with Crippen LogP contribution in [0.25, 0.3) is 11.5 Å². The number of hydrogen-bond donors (Lipinski definition) is 0. The molecule has 2 aromatic rings. The molecule has 1 unspecified atom stereocenters. The highest BCUT2D eigenvalue weighted by atomic mass is 35.5. The van der Waals surface area contributed by atoms with E-state index in [-0.39, 0.29) is 5.38 Å². The summed E-state index contributed by atoms with van der Waals surface area (Å²) < 4.78 is 5.15. The van der Waals surface area contributed by atoms with Gasteiger partial charge in [-0.3, -0.25) is 0 Å². The monoisotopic (exact) mass is 256 g/mol. The van der Waals surface area contributed by atoms with Crippen LogP contribution in [-0.2, 0) is 5.88 Å². The van der Waals surface area contributed by atoms with Crippen molar-refractivity contribution in [3.8, 4) is 11.5 Å². The van der Waals surface area contributed by atoms with E-state index in [9.17, 15) is 0 Å². The van der Waals surface area contributed by atoms with Crippen LogP contribution in [0.5, 0.6) is 0 Å². The van der Waals surface area contributed by atoms with Crippen molar-refractivity contribution in [2.75, 3.05) is 0 Å². The van der Waals surface area contributed by atoms with Gasteiger partial charge in [0.25, 0.3) is 5.89 Å². The molecule has 0 fully saturated rings. The first kappa shape index (κ1) is 11.4. The van der Waals surface area contributed by atoms with E-state index in [1.54, 1.807) is 6.92 Å². The minimum absolute atomic E-state index is 0.263. The van der Waals surface area contributed by atoms with Crippen molar-refractivity contribution < 1.29 is 4.52 Å². The second-order valence-corrected chi connectivity index (χ2v) is 4.29. The molecular weight excluding hydrogens is 247 g/mol. The highest BCUT2D eigenvalue weighted by Gasteiger charge is 2.14. The molecule has 1 heterocycles. The summed E-state index contributed by atoms with van der Waals surface area (Å²) in [5, 5.41) is 3.54. The number of aromatic nitrogens is 2. The molecule has 84 valence electrons. The Balaban J connectivity index is 2.42. The third-order valence-electron chi connectivity index (χ3n) is 2.19. The zero-order valence-electron chi connectivity index (χ0n) is 8.65. The van der Waals surface area contributed by atoms with E-state index < -0.39 is 0 Å². The maximum Gasteiger partial charge on any atom is 0.258 e. The van der Waals surface area contributed by atoms with Crippen LogP contribution in [0.1, 0.15) is 23.7 Å². The summed E-state index contributed by atoms with van der Waals surface area (Å²) in [6, 6.07) is 7.65. The lowest BCUT2D eigenvalue weighted by molar-refractivity contribution is 0.422. The van der Waals surface area contributed by atoms with E-state index in [1.807, 2.05) is 24.3 Å². The summed E-state index contributed by atoms with van der Waals surface area (Å²) in [5.41, 5.74) is 1.81. The molecule has 0 aliphatic heterocycles. The highest BCUT2D eigenvalue weighted by Crippen LogP contribution is 2.25. The van der Waals surface area contributed by atoms with Gasteiger partial charge in [-0.15, -0.1) is 23.2 Å². The Hall–Kier alpha value is -1.06. The first-order valence-corrected chi connectivity index (χ1v) is 5.81. The topological polar surface area (TPSA) is 38.9 Å². The van der Waals surface area contributed by atoms with Crippen molar-refractivity contribution in [3.63, 3.8) is 0 Å². The molecule has 0 N–H and O–H groups in total. The van der Waals surface area contributed by atoms with Crippen molar-refractivity contribution in [2.45, 2.75) is 18.2 Å². The van der Waals surface area contributed by atoms with E-state index in [4.69, 9.17) is 27.7 Å². The molecule has 0 amide bonds. The average molecular weight is 257 g/mol. The van der Waals surface area contributed by atoms with E-state index in [0.717, 1.165) is 11.1 Å². The van der Waals surface area contributed by atoms with Crippen LogP contribution in [0.4, 0.5) is 0 Å². The third-order valence-corrected chi connectivity index (χ3v) is 2.67. The van der Waals surface area contributed by atoms with E-state index >= 15 is 0 Å². The predicted molar refractivity (Wildman–Crippen MR) is 63.6 cm³/mol. The molecule has 2 rings (SSSR count). The SMILES string of the molecule is CC(Cl)c1noc(-c2ccccc2CCl)n1. The van der Waals surface area contributed by atoms with Gasteiger partial charge in [0.1, 0.15) is 0 Å². The number of benzene rings is 1. The van der Waals surface area contributed by atoms with E-state index in [2.05, 4.69) is 10.1 Å². The lowest BCUT2D eigenvalue weighted by Gasteiger charge is -2.00. The summed E-state index contributed by atoms with van der Waals surface area (Å²) in [6.45, 7) is 1.80. The van der Waals surface area contributed by atoms with Gasteiger partial charge in [0.05, 0.1) is 5.38 Å². The molecule has 0 aliphatic carbocycles. The number of halogens is 2. The van der Waals surface area contributed by atoms with Crippen LogP contribution >= 0.6 is 23.2 Å². The molecule has 1 atom stereocenters. The molecule has 0 aliphatic rings. The first-order chi connectivity index (χ1) is 7.72. The van der Waals surface area contributed by atoms with E-state index in [0.29, 0.717) is 17.6 Å². The van der Waals surface area contributed by atoms with Gasteiger partial charge in [-0.05, 0) is 18.6 Å². The summed E-state index contributed by atoms with van der Waals surface area (Å²) in [7, 11) is 0. The fraction of sp³-hybridized carbons (Fsp3) is 0.273. The summed E-state index contributed by atoms with van der Waals surface area (Å²) >= 11 is 11.7. The predicted octanol–water partition coefficient (Wildman–Crippen LogP) is 3.78. The van der Waals surface area contributed by atoms with Crippen LogP contribution < -0.4 is 0 Å². The van der Waals surface area contributed by atoms with Crippen molar-refractivity contribution in [3.05, 3.63) is 35.7 Å². The van der Waals surface area contributed by atoms with Crippen molar-refractivity contribution in [1.29, 1.82) is 0 Å². The summed E-state index contributed by atoms with van der Waals surface area (Å²) in [6.07, 6.45) is 0. The average Bonchev–Trinajstić information content (AvgIpc) is 2.78. The number of hydrogen-bond acceptors (Lipinski definition) is 3. The van der Waals surface area contributed by atoms with Crippen molar-refractivity contribution in [1.82, 2.24) is 10.1 Å². The van der Waals surface area contributed by atoms with Crippen LogP contribution in [0.2, 0.25) is 0 Å². The quantitative estimate of drug-likeness (QED) is 0.785. The Morgan fingerprint density at radius 3 is 2.75 bits per heavy atom. The maximum absolute atomic E-state index is 5.87. The van der Waals surface area contributed by atoms with Gasteiger partial charge in [0.15, 0.2) is 5.82 Å². The Labute approximate surface area is 103 Å². The molecule has 16 heavy (non-hydrogen) atoms. The van der Waals surface area contributed by atoms with E-state index in [1.165, 1.54) is 0 Å². The minimum Gasteiger partial charge on any atom is -0.334 e. The summed E-state index contributed by atoms with van der Waals surface area (Å²) in [5.74, 6) is 1.35. The van der Waals surface area contributed by atoms with Gasteiger partial charge in [-0.1, -0.05) is 23.4 Å². The Bertz CT molecular complexity index is 482. The molecule has 0 spiro atoms. The normalized spacial score (nSPS) is 12.7. The zero-order chi connectivity index (χ0) is 11.5. The van der Waals surface area contributed by atoms with Crippen LogP contribution in [0, 0.1) is 0 Å². The fourth-order valence-corrected chi connectivity index (χ4v) is 1.67. The summed E-state index contributed by atoms with van der Waals surface area (Å²) in [4.78, 5) is 4.22. The molecular formula is C11H10Cl2N2O. The van der Waals surface area contributed by atoms with Crippen LogP contribution in [0.15, 0.2) is 28.8 Å². The largest absolute Gasteiger partial charge is 0.334 e.